The predicted octanol–water partition coefficient (Wildman–Crippen LogP) is 3.60. The molecule has 1 aliphatic rings. The van der Waals surface area contributed by atoms with Crippen LogP contribution in [-0.4, -0.2) is 41.4 Å². The van der Waals surface area contributed by atoms with E-state index >= 15 is 0 Å². The van der Waals surface area contributed by atoms with Crippen LogP contribution >= 0.6 is 0 Å². The molecule has 154 valence electrons. The van der Waals surface area contributed by atoms with Crippen molar-refractivity contribution in [3.63, 3.8) is 0 Å². The first-order valence-corrected chi connectivity index (χ1v) is 10.3. The molecule has 1 atom stereocenters. The normalized spacial score (nSPS) is 16.3. The van der Waals surface area contributed by atoms with E-state index in [0.29, 0.717) is 38.4 Å². The summed E-state index contributed by atoms with van der Waals surface area (Å²) >= 11 is 0. The minimum Gasteiger partial charge on any atom is -0.494 e. The Bertz CT molecular complexity index is 853. The van der Waals surface area contributed by atoms with Gasteiger partial charge in [-0.25, -0.2) is 4.98 Å². The zero-order chi connectivity index (χ0) is 20.6. The van der Waals surface area contributed by atoms with E-state index in [-0.39, 0.29) is 17.7 Å². The fourth-order valence-electron chi connectivity index (χ4n) is 3.66. The topological polar surface area (TPSA) is 71.5 Å². The van der Waals surface area contributed by atoms with Crippen molar-refractivity contribution in [1.82, 2.24) is 9.88 Å². The number of carbonyl (C=O) groups is 2. The van der Waals surface area contributed by atoms with E-state index < -0.39 is 0 Å². The van der Waals surface area contributed by atoms with Crippen LogP contribution in [0.25, 0.3) is 0 Å². The number of carbonyl (C=O) groups excluding carboxylic acids is 2. The Morgan fingerprint density at radius 3 is 2.86 bits per heavy atom. The van der Waals surface area contributed by atoms with Gasteiger partial charge in [-0.3, -0.25) is 9.59 Å². The molecule has 1 unspecified atom stereocenters. The van der Waals surface area contributed by atoms with E-state index in [0.717, 1.165) is 29.7 Å². The summed E-state index contributed by atoms with van der Waals surface area (Å²) in [6.45, 7) is 5.64. The summed E-state index contributed by atoms with van der Waals surface area (Å²) in [6.07, 6.45) is 4.34. The standard InChI is InChI=1S/C23H29N3O3/c1-3-29-20-11-5-4-9-18(20)12-13-21(27)26-15-7-10-19(16-26)23(28)25-22-17(2)8-6-14-24-22/h4-6,8-9,11,14,19H,3,7,10,12-13,15-16H2,1-2H3,(H,24,25,28). The smallest absolute Gasteiger partial charge is 0.230 e. The van der Waals surface area contributed by atoms with Crippen LogP contribution < -0.4 is 10.1 Å². The number of amides is 2. The van der Waals surface area contributed by atoms with Gasteiger partial charge in [-0.1, -0.05) is 24.3 Å². The molecule has 1 fully saturated rings. The van der Waals surface area contributed by atoms with Crippen LogP contribution in [0.15, 0.2) is 42.6 Å². The number of aromatic nitrogens is 1. The maximum atomic E-state index is 12.8. The molecular formula is C23H29N3O3. The van der Waals surface area contributed by atoms with Crippen molar-refractivity contribution >= 4 is 17.6 Å². The van der Waals surface area contributed by atoms with Crippen LogP contribution in [-0.2, 0) is 16.0 Å². The molecule has 3 rings (SSSR count). The van der Waals surface area contributed by atoms with E-state index in [1.807, 2.05) is 55.1 Å². The van der Waals surface area contributed by atoms with Gasteiger partial charge in [0.2, 0.25) is 11.8 Å². The van der Waals surface area contributed by atoms with Gasteiger partial charge in [0, 0.05) is 25.7 Å². The Hall–Kier alpha value is -2.89. The zero-order valence-corrected chi connectivity index (χ0v) is 17.2. The maximum absolute atomic E-state index is 12.8. The molecule has 0 aliphatic carbocycles. The quantitative estimate of drug-likeness (QED) is 0.778. The van der Waals surface area contributed by atoms with Gasteiger partial charge in [-0.05, 0) is 56.4 Å². The molecule has 2 heterocycles. The number of hydrogen-bond donors (Lipinski definition) is 1. The Morgan fingerprint density at radius 2 is 2.07 bits per heavy atom. The van der Waals surface area contributed by atoms with Crippen molar-refractivity contribution in [2.24, 2.45) is 5.92 Å². The fraction of sp³-hybridized carbons (Fsp3) is 0.435. The molecule has 29 heavy (non-hydrogen) atoms. The molecule has 0 bridgehead atoms. The van der Waals surface area contributed by atoms with E-state index in [1.165, 1.54) is 0 Å². The molecule has 0 saturated carbocycles. The lowest BCUT2D eigenvalue weighted by Crippen LogP contribution is -2.44. The summed E-state index contributed by atoms with van der Waals surface area (Å²) in [5.41, 5.74) is 1.97. The van der Waals surface area contributed by atoms with Gasteiger partial charge >= 0.3 is 0 Å². The van der Waals surface area contributed by atoms with Gasteiger partial charge in [0.25, 0.3) is 0 Å². The molecule has 6 heteroatoms. The third-order valence-corrected chi connectivity index (χ3v) is 5.28. The average Bonchev–Trinajstić information content (AvgIpc) is 2.75. The van der Waals surface area contributed by atoms with Crippen molar-refractivity contribution in [2.75, 3.05) is 25.0 Å². The first-order valence-electron chi connectivity index (χ1n) is 10.3. The van der Waals surface area contributed by atoms with Crippen molar-refractivity contribution in [3.05, 3.63) is 53.7 Å². The first kappa shape index (κ1) is 20.8. The number of benzene rings is 1. The van der Waals surface area contributed by atoms with Gasteiger partial charge in [0.1, 0.15) is 11.6 Å². The zero-order valence-electron chi connectivity index (χ0n) is 17.2. The molecular weight excluding hydrogens is 366 g/mol. The van der Waals surface area contributed by atoms with E-state index in [4.69, 9.17) is 4.74 Å². The monoisotopic (exact) mass is 395 g/mol. The summed E-state index contributed by atoms with van der Waals surface area (Å²) in [5.74, 6) is 1.25. The highest BCUT2D eigenvalue weighted by Crippen LogP contribution is 2.22. The fourth-order valence-corrected chi connectivity index (χ4v) is 3.66. The number of anilines is 1. The Labute approximate surface area is 172 Å². The van der Waals surface area contributed by atoms with Gasteiger partial charge in [-0.2, -0.15) is 0 Å². The molecule has 1 aromatic heterocycles. The molecule has 2 aromatic rings. The number of ether oxygens (including phenoxy) is 1. The summed E-state index contributed by atoms with van der Waals surface area (Å²) in [5, 5.41) is 2.91. The number of rotatable bonds is 7. The maximum Gasteiger partial charge on any atom is 0.230 e. The minimum absolute atomic E-state index is 0.0639. The van der Waals surface area contributed by atoms with E-state index in [9.17, 15) is 9.59 Å². The molecule has 1 aliphatic heterocycles. The Balaban J connectivity index is 1.55. The van der Waals surface area contributed by atoms with Gasteiger partial charge in [0.05, 0.1) is 12.5 Å². The summed E-state index contributed by atoms with van der Waals surface area (Å²) in [4.78, 5) is 31.5. The lowest BCUT2D eigenvalue weighted by atomic mass is 9.96. The number of likely N-dealkylation sites (tertiary alicyclic amines) is 1. The van der Waals surface area contributed by atoms with E-state index in [2.05, 4.69) is 10.3 Å². The highest BCUT2D eigenvalue weighted by atomic mass is 16.5. The number of para-hydroxylation sites is 1. The third-order valence-electron chi connectivity index (χ3n) is 5.28. The summed E-state index contributed by atoms with van der Waals surface area (Å²) in [7, 11) is 0. The van der Waals surface area contributed by atoms with E-state index in [1.54, 1.807) is 6.20 Å². The molecule has 1 aromatic carbocycles. The van der Waals surface area contributed by atoms with Crippen LogP contribution in [0.5, 0.6) is 5.75 Å². The number of pyridine rings is 1. The van der Waals surface area contributed by atoms with Gasteiger partial charge in [-0.15, -0.1) is 0 Å². The van der Waals surface area contributed by atoms with Crippen molar-refractivity contribution in [1.29, 1.82) is 0 Å². The number of nitrogens with zero attached hydrogens (tertiary/aromatic N) is 2. The number of nitrogens with one attached hydrogen (secondary N) is 1. The number of piperidine rings is 1. The Morgan fingerprint density at radius 1 is 1.24 bits per heavy atom. The molecule has 1 saturated heterocycles. The largest absolute Gasteiger partial charge is 0.494 e. The van der Waals surface area contributed by atoms with Crippen molar-refractivity contribution < 1.29 is 14.3 Å². The van der Waals surface area contributed by atoms with Crippen LogP contribution in [0.1, 0.15) is 37.3 Å². The average molecular weight is 396 g/mol. The lowest BCUT2D eigenvalue weighted by Gasteiger charge is -2.32. The minimum atomic E-state index is -0.204. The lowest BCUT2D eigenvalue weighted by molar-refractivity contribution is -0.134. The van der Waals surface area contributed by atoms with Crippen LogP contribution in [0, 0.1) is 12.8 Å². The SMILES string of the molecule is CCOc1ccccc1CCC(=O)N1CCCC(C(=O)Nc2ncccc2C)C1. The number of hydrogen-bond acceptors (Lipinski definition) is 4. The van der Waals surface area contributed by atoms with Crippen LogP contribution in [0.3, 0.4) is 0 Å². The molecule has 0 spiro atoms. The van der Waals surface area contributed by atoms with Gasteiger partial charge < -0.3 is 15.0 Å². The molecule has 6 nitrogen and oxygen atoms in total. The summed E-state index contributed by atoms with van der Waals surface area (Å²) in [6, 6.07) is 11.6. The van der Waals surface area contributed by atoms with Crippen LogP contribution in [0.2, 0.25) is 0 Å². The van der Waals surface area contributed by atoms with Gasteiger partial charge in [0.15, 0.2) is 0 Å². The van der Waals surface area contributed by atoms with Crippen molar-refractivity contribution in [2.45, 2.75) is 39.5 Å². The second-order valence-corrected chi connectivity index (χ2v) is 7.38. The second-order valence-electron chi connectivity index (χ2n) is 7.38. The van der Waals surface area contributed by atoms with Crippen molar-refractivity contribution in [3.8, 4) is 5.75 Å². The molecule has 2 amide bonds. The Kier molecular flexibility index (Phi) is 7.22. The second kappa shape index (κ2) is 10.0. The summed E-state index contributed by atoms with van der Waals surface area (Å²) < 4.78 is 5.65. The number of aryl methyl sites for hydroxylation is 2. The molecule has 1 N–H and O–H groups in total. The highest BCUT2D eigenvalue weighted by Gasteiger charge is 2.28. The first-order chi connectivity index (χ1) is 14.1. The molecule has 0 radical (unpaired) electrons. The van der Waals surface area contributed by atoms with Crippen LogP contribution in [0.4, 0.5) is 5.82 Å². The predicted molar refractivity (Wildman–Crippen MR) is 113 cm³/mol. The third kappa shape index (κ3) is 5.56. The highest BCUT2D eigenvalue weighted by molar-refractivity contribution is 5.93.